The fourth-order valence-corrected chi connectivity index (χ4v) is 3.52. The van der Waals surface area contributed by atoms with Crippen LogP contribution in [0.5, 0.6) is 11.5 Å². The summed E-state index contributed by atoms with van der Waals surface area (Å²) in [6.45, 7) is 0.601. The minimum Gasteiger partial charge on any atom is -0.454 e. The lowest BCUT2D eigenvalue weighted by Crippen LogP contribution is -2.24. The molecule has 7 nitrogen and oxygen atoms in total. The number of amides is 2. The number of ether oxygens (including phenoxy) is 2. The van der Waals surface area contributed by atoms with E-state index in [-0.39, 0.29) is 25.0 Å². The zero-order chi connectivity index (χ0) is 20.8. The molecule has 0 spiro atoms. The van der Waals surface area contributed by atoms with Gasteiger partial charge in [-0.3, -0.25) is 14.9 Å². The largest absolute Gasteiger partial charge is 0.454 e. The van der Waals surface area contributed by atoms with E-state index < -0.39 is 0 Å². The van der Waals surface area contributed by atoms with E-state index in [0.29, 0.717) is 28.9 Å². The third kappa shape index (κ3) is 5.24. The van der Waals surface area contributed by atoms with Crippen LogP contribution in [0.3, 0.4) is 0 Å². The first-order valence-corrected chi connectivity index (χ1v) is 10.2. The number of nitrogens with one attached hydrogen (secondary N) is 2. The van der Waals surface area contributed by atoms with Crippen LogP contribution in [-0.2, 0) is 22.6 Å². The summed E-state index contributed by atoms with van der Waals surface area (Å²) in [4.78, 5) is 28.5. The van der Waals surface area contributed by atoms with Crippen molar-refractivity contribution in [3.05, 3.63) is 76.8 Å². The Hall–Kier alpha value is -3.65. The Morgan fingerprint density at radius 2 is 1.93 bits per heavy atom. The first-order valence-electron chi connectivity index (χ1n) is 9.29. The molecular weight excluding hydrogens is 402 g/mol. The lowest BCUT2D eigenvalue weighted by molar-refractivity contribution is -0.120. The summed E-state index contributed by atoms with van der Waals surface area (Å²) in [6.07, 6.45) is 3.32. The molecule has 0 bridgehead atoms. The van der Waals surface area contributed by atoms with E-state index in [4.69, 9.17) is 9.47 Å². The Kier molecular flexibility index (Phi) is 6.05. The molecule has 2 N–H and O–H groups in total. The van der Waals surface area contributed by atoms with E-state index in [1.807, 2.05) is 48.5 Å². The molecule has 1 aliphatic rings. The van der Waals surface area contributed by atoms with Gasteiger partial charge < -0.3 is 14.8 Å². The SMILES string of the molecule is O=C(/C=C/c1ccccc1)Nc1nc(CC(=O)NCc2ccc3c(c2)OCO3)cs1. The third-order valence-electron chi connectivity index (χ3n) is 4.28. The second-order valence-electron chi connectivity index (χ2n) is 6.52. The van der Waals surface area contributed by atoms with Crippen LogP contribution < -0.4 is 20.1 Å². The van der Waals surface area contributed by atoms with E-state index in [0.717, 1.165) is 11.1 Å². The number of hydrogen-bond donors (Lipinski definition) is 2. The van der Waals surface area contributed by atoms with Gasteiger partial charge in [0, 0.05) is 18.0 Å². The van der Waals surface area contributed by atoms with E-state index >= 15 is 0 Å². The van der Waals surface area contributed by atoms with Gasteiger partial charge in [0.25, 0.3) is 0 Å². The monoisotopic (exact) mass is 421 g/mol. The number of hydrogen-bond acceptors (Lipinski definition) is 6. The van der Waals surface area contributed by atoms with Gasteiger partial charge in [0.2, 0.25) is 18.6 Å². The average molecular weight is 421 g/mol. The van der Waals surface area contributed by atoms with E-state index in [2.05, 4.69) is 15.6 Å². The van der Waals surface area contributed by atoms with Gasteiger partial charge in [-0.25, -0.2) is 4.98 Å². The third-order valence-corrected chi connectivity index (χ3v) is 5.08. The molecule has 1 aromatic heterocycles. The second kappa shape index (κ2) is 9.23. The Morgan fingerprint density at radius 1 is 1.10 bits per heavy atom. The zero-order valence-electron chi connectivity index (χ0n) is 16.0. The van der Waals surface area contributed by atoms with Crippen LogP contribution in [0, 0.1) is 0 Å². The highest BCUT2D eigenvalue weighted by Gasteiger charge is 2.14. The van der Waals surface area contributed by atoms with Crippen molar-refractivity contribution in [2.24, 2.45) is 0 Å². The molecule has 8 heteroatoms. The molecule has 30 heavy (non-hydrogen) atoms. The van der Waals surface area contributed by atoms with Gasteiger partial charge in [-0.15, -0.1) is 11.3 Å². The normalized spacial score (nSPS) is 12.1. The van der Waals surface area contributed by atoms with Crippen LogP contribution in [0.4, 0.5) is 5.13 Å². The summed E-state index contributed by atoms with van der Waals surface area (Å²) in [6, 6.07) is 15.1. The van der Waals surface area contributed by atoms with Crippen LogP contribution in [0.25, 0.3) is 6.08 Å². The van der Waals surface area contributed by atoms with Gasteiger partial charge in [-0.05, 0) is 29.3 Å². The Morgan fingerprint density at radius 3 is 2.80 bits per heavy atom. The minimum absolute atomic E-state index is 0.136. The first kappa shape index (κ1) is 19.7. The number of benzene rings is 2. The summed E-state index contributed by atoms with van der Waals surface area (Å²) in [5, 5.41) is 7.79. The topological polar surface area (TPSA) is 89.6 Å². The quantitative estimate of drug-likeness (QED) is 0.571. The number of aromatic nitrogens is 1. The highest BCUT2D eigenvalue weighted by Crippen LogP contribution is 2.32. The van der Waals surface area contributed by atoms with Crippen molar-refractivity contribution >= 4 is 34.4 Å². The molecular formula is C22H19N3O4S. The Balaban J connectivity index is 1.25. The fourth-order valence-electron chi connectivity index (χ4n) is 2.81. The summed E-state index contributed by atoms with van der Waals surface area (Å²) in [5.74, 6) is 0.968. The molecule has 3 aromatic rings. The Bertz CT molecular complexity index is 1080. The molecule has 1 aliphatic heterocycles. The maximum absolute atomic E-state index is 12.2. The van der Waals surface area contributed by atoms with Crippen molar-refractivity contribution in [2.75, 3.05) is 12.1 Å². The van der Waals surface area contributed by atoms with Crippen LogP contribution in [0.2, 0.25) is 0 Å². The van der Waals surface area contributed by atoms with E-state index in [1.165, 1.54) is 17.4 Å². The molecule has 2 aromatic carbocycles. The molecule has 152 valence electrons. The van der Waals surface area contributed by atoms with Gasteiger partial charge in [0.1, 0.15) is 0 Å². The molecule has 0 unspecified atom stereocenters. The Labute approximate surface area is 177 Å². The van der Waals surface area contributed by atoms with Gasteiger partial charge in [0.15, 0.2) is 16.6 Å². The van der Waals surface area contributed by atoms with Crippen molar-refractivity contribution in [1.82, 2.24) is 10.3 Å². The molecule has 0 saturated carbocycles. The average Bonchev–Trinajstić information content (AvgIpc) is 3.40. The molecule has 2 heterocycles. The molecule has 4 rings (SSSR count). The number of carbonyl (C=O) groups is 2. The van der Waals surface area contributed by atoms with Crippen LogP contribution in [-0.4, -0.2) is 23.6 Å². The number of thiazole rings is 1. The standard InChI is InChI=1S/C22H19N3O4S/c26-20(9-7-15-4-2-1-3-5-15)25-22-24-17(13-30-22)11-21(27)23-12-16-6-8-18-19(10-16)29-14-28-18/h1-10,13H,11-12,14H2,(H,23,27)(H,24,25,26)/b9-7+. The molecule has 2 amide bonds. The molecule has 0 radical (unpaired) electrons. The summed E-state index contributed by atoms with van der Waals surface area (Å²) < 4.78 is 10.6. The maximum atomic E-state index is 12.2. The number of carbonyl (C=O) groups excluding carboxylic acids is 2. The molecule has 0 atom stereocenters. The lowest BCUT2D eigenvalue weighted by atomic mass is 10.2. The van der Waals surface area contributed by atoms with Crippen LogP contribution in [0.1, 0.15) is 16.8 Å². The van der Waals surface area contributed by atoms with Crippen molar-refractivity contribution in [3.8, 4) is 11.5 Å². The highest BCUT2D eigenvalue weighted by molar-refractivity contribution is 7.14. The van der Waals surface area contributed by atoms with Crippen LogP contribution in [0.15, 0.2) is 60.0 Å². The summed E-state index contributed by atoms with van der Waals surface area (Å²) in [7, 11) is 0. The van der Waals surface area contributed by atoms with Crippen molar-refractivity contribution in [3.63, 3.8) is 0 Å². The highest BCUT2D eigenvalue weighted by atomic mass is 32.1. The van der Waals surface area contributed by atoms with Gasteiger partial charge in [-0.2, -0.15) is 0 Å². The first-order chi connectivity index (χ1) is 14.7. The maximum Gasteiger partial charge on any atom is 0.250 e. The molecule has 0 fully saturated rings. The number of rotatable bonds is 7. The van der Waals surface area contributed by atoms with E-state index in [1.54, 1.807) is 11.5 Å². The van der Waals surface area contributed by atoms with Crippen molar-refractivity contribution < 1.29 is 19.1 Å². The van der Waals surface area contributed by atoms with Crippen molar-refractivity contribution in [1.29, 1.82) is 0 Å². The van der Waals surface area contributed by atoms with Crippen LogP contribution >= 0.6 is 11.3 Å². The van der Waals surface area contributed by atoms with Gasteiger partial charge >= 0.3 is 0 Å². The number of fused-ring (bicyclic) bond motifs is 1. The zero-order valence-corrected chi connectivity index (χ0v) is 16.8. The van der Waals surface area contributed by atoms with Gasteiger partial charge in [-0.1, -0.05) is 36.4 Å². The fraction of sp³-hybridized carbons (Fsp3) is 0.136. The summed E-state index contributed by atoms with van der Waals surface area (Å²) in [5.41, 5.74) is 2.46. The number of nitrogens with zero attached hydrogens (tertiary/aromatic N) is 1. The van der Waals surface area contributed by atoms with Crippen molar-refractivity contribution in [2.45, 2.75) is 13.0 Å². The smallest absolute Gasteiger partial charge is 0.250 e. The predicted molar refractivity (Wildman–Crippen MR) is 114 cm³/mol. The summed E-state index contributed by atoms with van der Waals surface area (Å²) >= 11 is 1.28. The van der Waals surface area contributed by atoms with E-state index in [9.17, 15) is 9.59 Å². The number of anilines is 1. The molecule has 0 saturated heterocycles. The second-order valence-corrected chi connectivity index (χ2v) is 7.38. The minimum atomic E-state index is -0.271. The predicted octanol–water partition coefficient (Wildman–Crippen LogP) is 3.38. The lowest BCUT2D eigenvalue weighted by Gasteiger charge is -2.05. The molecule has 0 aliphatic carbocycles. The van der Waals surface area contributed by atoms with Gasteiger partial charge in [0.05, 0.1) is 12.1 Å².